The van der Waals surface area contributed by atoms with Crippen molar-refractivity contribution in [3.05, 3.63) is 11.7 Å². The number of likely N-dealkylation sites (N-methyl/N-ethyl adjacent to an activating group) is 1. The van der Waals surface area contributed by atoms with Gasteiger partial charge in [0.1, 0.15) is 0 Å². The van der Waals surface area contributed by atoms with Crippen molar-refractivity contribution < 1.29 is 14.4 Å². The van der Waals surface area contributed by atoms with Crippen LogP contribution in [0, 0.1) is 0 Å². The van der Waals surface area contributed by atoms with E-state index in [1.54, 1.807) is 0 Å². The van der Waals surface area contributed by atoms with E-state index in [9.17, 15) is 4.79 Å². The molecule has 6 heteroatoms. The minimum atomic E-state index is -1.14. The summed E-state index contributed by atoms with van der Waals surface area (Å²) in [6, 6.07) is 0.399. The molecule has 0 radical (unpaired) electrons. The van der Waals surface area contributed by atoms with Gasteiger partial charge in [0.15, 0.2) is 0 Å². The Morgan fingerprint density at radius 3 is 3.06 bits per heavy atom. The fourth-order valence-electron chi connectivity index (χ4n) is 2.33. The van der Waals surface area contributed by atoms with Gasteiger partial charge in [-0.3, -0.25) is 0 Å². The van der Waals surface area contributed by atoms with Gasteiger partial charge in [-0.15, -0.1) is 0 Å². The number of aromatic carboxylic acids is 1. The van der Waals surface area contributed by atoms with Gasteiger partial charge in [-0.25, -0.2) is 4.79 Å². The van der Waals surface area contributed by atoms with E-state index >= 15 is 0 Å². The maximum absolute atomic E-state index is 10.6. The van der Waals surface area contributed by atoms with Gasteiger partial charge in [0.2, 0.25) is 5.89 Å². The van der Waals surface area contributed by atoms with Crippen LogP contribution in [0.25, 0.3) is 0 Å². The summed E-state index contributed by atoms with van der Waals surface area (Å²) >= 11 is 0. The molecule has 0 aromatic carbocycles. The van der Waals surface area contributed by atoms with Crippen molar-refractivity contribution in [3.8, 4) is 0 Å². The minimum Gasteiger partial charge on any atom is -0.475 e. The maximum atomic E-state index is 10.6. The fourth-order valence-corrected chi connectivity index (χ4v) is 2.33. The Kier molecular flexibility index (Phi) is 3.73. The summed E-state index contributed by atoms with van der Waals surface area (Å²) in [6.45, 7) is 4.24. The van der Waals surface area contributed by atoms with E-state index in [1.165, 1.54) is 12.8 Å². The Morgan fingerprint density at radius 1 is 1.59 bits per heavy atom. The number of carboxylic acid groups (broad SMARTS) is 1. The van der Waals surface area contributed by atoms with E-state index in [2.05, 4.69) is 22.0 Å². The van der Waals surface area contributed by atoms with Crippen molar-refractivity contribution in [2.45, 2.75) is 38.6 Å². The van der Waals surface area contributed by atoms with Crippen molar-refractivity contribution in [2.75, 3.05) is 13.1 Å². The second-order valence-electron chi connectivity index (χ2n) is 4.30. The number of nitrogens with zero attached hydrogens (tertiary/aromatic N) is 3. The molecule has 1 atom stereocenters. The van der Waals surface area contributed by atoms with Crippen LogP contribution in [0.3, 0.4) is 0 Å². The summed E-state index contributed by atoms with van der Waals surface area (Å²) in [5.41, 5.74) is 0. The maximum Gasteiger partial charge on any atom is 0.377 e. The van der Waals surface area contributed by atoms with Crippen LogP contribution in [0.5, 0.6) is 0 Å². The lowest BCUT2D eigenvalue weighted by Crippen LogP contribution is -2.40. The largest absolute Gasteiger partial charge is 0.475 e. The number of aromatic nitrogens is 2. The topological polar surface area (TPSA) is 79.5 Å². The Bertz CT molecular complexity index is 391. The predicted octanol–water partition coefficient (Wildman–Crippen LogP) is 1.18. The summed E-state index contributed by atoms with van der Waals surface area (Å²) in [4.78, 5) is 16.9. The van der Waals surface area contributed by atoms with Crippen molar-refractivity contribution in [1.29, 1.82) is 0 Å². The summed E-state index contributed by atoms with van der Waals surface area (Å²) in [5, 5.41) is 12.1. The van der Waals surface area contributed by atoms with Gasteiger partial charge in [0, 0.05) is 12.5 Å². The molecule has 0 saturated carbocycles. The van der Waals surface area contributed by atoms with Crippen LogP contribution in [0.4, 0.5) is 0 Å². The molecule has 6 nitrogen and oxygen atoms in total. The number of carbonyl (C=O) groups is 1. The molecule has 0 amide bonds. The normalized spacial score (nSPS) is 21.6. The van der Waals surface area contributed by atoms with E-state index in [-0.39, 0.29) is 5.82 Å². The van der Waals surface area contributed by atoms with Crippen LogP contribution in [-0.4, -0.2) is 45.2 Å². The lowest BCUT2D eigenvalue weighted by Gasteiger charge is -2.33. The molecule has 2 rings (SSSR count). The second kappa shape index (κ2) is 5.27. The van der Waals surface area contributed by atoms with E-state index in [1.807, 2.05) is 0 Å². The van der Waals surface area contributed by atoms with Gasteiger partial charge in [0.25, 0.3) is 5.82 Å². The molecule has 1 aromatic heterocycles. The molecular formula is C11H17N3O3. The third-order valence-corrected chi connectivity index (χ3v) is 3.22. The first-order valence-corrected chi connectivity index (χ1v) is 6.00. The van der Waals surface area contributed by atoms with Gasteiger partial charge >= 0.3 is 5.97 Å². The lowest BCUT2D eigenvalue weighted by molar-refractivity contribution is 0.0680. The molecule has 0 aliphatic carbocycles. The van der Waals surface area contributed by atoms with Crippen LogP contribution < -0.4 is 0 Å². The summed E-state index contributed by atoms with van der Waals surface area (Å²) < 4.78 is 4.95. The molecule has 1 N–H and O–H groups in total. The van der Waals surface area contributed by atoms with Crippen molar-refractivity contribution in [3.63, 3.8) is 0 Å². The highest BCUT2D eigenvalue weighted by molar-refractivity contribution is 5.82. The quantitative estimate of drug-likeness (QED) is 0.850. The molecule has 0 spiro atoms. The SMILES string of the molecule is CCN1CCCCC1Cc1nc(C(=O)O)no1. The van der Waals surface area contributed by atoms with E-state index in [0.29, 0.717) is 18.4 Å². The zero-order valence-electron chi connectivity index (χ0n) is 9.93. The second-order valence-corrected chi connectivity index (χ2v) is 4.30. The highest BCUT2D eigenvalue weighted by Crippen LogP contribution is 2.19. The van der Waals surface area contributed by atoms with Crippen LogP contribution in [-0.2, 0) is 6.42 Å². The monoisotopic (exact) mass is 239 g/mol. The predicted molar refractivity (Wildman–Crippen MR) is 59.8 cm³/mol. The highest BCUT2D eigenvalue weighted by atomic mass is 16.5. The first kappa shape index (κ1) is 12.0. The van der Waals surface area contributed by atoms with Gasteiger partial charge in [-0.05, 0) is 31.1 Å². The first-order chi connectivity index (χ1) is 8.20. The fraction of sp³-hybridized carbons (Fsp3) is 0.727. The third-order valence-electron chi connectivity index (χ3n) is 3.22. The summed E-state index contributed by atoms with van der Waals surface area (Å²) in [6.07, 6.45) is 4.20. The molecule has 1 aliphatic heterocycles. The number of rotatable bonds is 4. The molecular weight excluding hydrogens is 222 g/mol. The standard InChI is InChI=1S/C11H17N3O3/c1-2-14-6-4-3-5-8(14)7-9-12-10(11(15)16)13-17-9/h8H,2-7H2,1H3,(H,15,16). The van der Waals surface area contributed by atoms with Gasteiger partial charge in [-0.1, -0.05) is 13.3 Å². The molecule has 1 aliphatic rings. The Hall–Kier alpha value is -1.43. The van der Waals surface area contributed by atoms with Crippen molar-refractivity contribution in [2.24, 2.45) is 0 Å². The Balaban J connectivity index is 2.00. The molecule has 2 heterocycles. The number of likely N-dealkylation sites (tertiary alicyclic amines) is 1. The number of hydrogen-bond acceptors (Lipinski definition) is 5. The first-order valence-electron chi connectivity index (χ1n) is 6.00. The van der Waals surface area contributed by atoms with E-state index < -0.39 is 5.97 Å². The van der Waals surface area contributed by atoms with Crippen LogP contribution >= 0.6 is 0 Å². The highest BCUT2D eigenvalue weighted by Gasteiger charge is 2.24. The van der Waals surface area contributed by atoms with Crippen molar-refractivity contribution >= 4 is 5.97 Å². The average Bonchev–Trinajstić information content (AvgIpc) is 2.78. The van der Waals surface area contributed by atoms with Gasteiger partial charge in [-0.2, -0.15) is 4.98 Å². The van der Waals surface area contributed by atoms with Crippen LogP contribution in [0.15, 0.2) is 4.52 Å². The van der Waals surface area contributed by atoms with E-state index in [0.717, 1.165) is 19.5 Å². The van der Waals surface area contributed by atoms with Gasteiger partial charge in [0.05, 0.1) is 0 Å². The number of hydrogen-bond donors (Lipinski definition) is 1. The molecule has 17 heavy (non-hydrogen) atoms. The molecule has 1 unspecified atom stereocenters. The molecule has 1 fully saturated rings. The van der Waals surface area contributed by atoms with E-state index in [4.69, 9.17) is 9.63 Å². The number of carboxylic acids is 1. The molecule has 94 valence electrons. The smallest absolute Gasteiger partial charge is 0.377 e. The Labute approximate surface area is 99.6 Å². The summed E-state index contributed by atoms with van der Waals surface area (Å²) in [7, 11) is 0. The molecule has 1 saturated heterocycles. The molecule has 0 bridgehead atoms. The summed E-state index contributed by atoms with van der Waals surface area (Å²) in [5.74, 6) is -0.970. The van der Waals surface area contributed by atoms with Crippen LogP contribution in [0.2, 0.25) is 0 Å². The lowest BCUT2D eigenvalue weighted by atomic mass is 9.99. The Morgan fingerprint density at radius 2 is 2.41 bits per heavy atom. The molecule has 1 aromatic rings. The third kappa shape index (κ3) is 2.82. The average molecular weight is 239 g/mol. The van der Waals surface area contributed by atoms with Gasteiger partial charge < -0.3 is 14.5 Å². The number of piperidine rings is 1. The van der Waals surface area contributed by atoms with Crippen LogP contribution in [0.1, 0.15) is 42.7 Å². The zero-order chi connectivity index (χ0) is 12.3. The minimum absolute atomic E-state index is 0.251. The van der Waals surface area contributed by atoms with Crippen molar-refractivity contribution in [1.82, 2.24) is 15.0 Å². The zero-order valence-corrected chi connectivity index (χ0v) is 9.93.